The molecule has 0 fully saturated rings. The molecule has 0 bridgehead atoms. The molecule has 2 rings (SSSR count). The van der Waals surface area contributed by atoms with E-state index in [1.54, 1.807) is 11.3 Å². The number of aryl methyl sites for hydroxylation is 2. The van der Waals surface area contributed by atoms with Crippen LogP contribution in [0.15, 0.2) is 24.3 Å². The van der Waals surface area contributed by atoms with Gasteiger partial charge in [0.2, 0.25) is 0 Å². The number of hydrogen-bond donors (Lipinski definition) is 1. The maximum absolute atomic E-state index is 13.5. The second-order valence-electron chi connectivity index (χ2n) is 4.71. The highest BCUT2D eigenvalue weighted by Gasteiger charge is 2.12. The SMILES string of the molecule is Cc1cc(C(C)NCc2ccc(F)cc2F)c(C)s1. The average Bonchev–Trinajstić information content (AvgIpc) is 2.67. The zero-order chi connectivity index (χ0) is 14.0. The lowest BCUT2D eigenvalue weighted by Gasteiger charge is -2.14. The first kappa shape index (κ1) is 14.2. The largest absolute Gasteiger partial charge is 0.306 e. The van der Waals surface area contributed by atoms with Gasteiger partial charge in [-0.3, -0.25) is 0 Å². The summed E-state index contributed by atoms with van der Waals surface area (Å²) in [6, 6.07) is 5.98. The molecule has 1 heterocycles. The zero-order valence-electron chi connectivity index (χ0n) is 11.3. The van der Waals surface area contributed by atoms with Crippen molar-refractivity contribution in [3.05, 3.63) is 56.8 Å². The summed E-state index contributed by atoms with van der Waals surface area (Å²) in [6.45, 7) is 6.61. The van der Waals surface area contributed by atoms with E-state index in [1.807, 2.05) is 0 Å². The van der Waals surface area contributed by atoms with E-state index >= 15 is 0 Å². The van der Waals surface area contributed by atoms with E-state index in [0.717, 1.165) is 6.07 Å². The molecule has 0 spiro atoms. The Kier molecular flexibility index (Phi) is 4.32. The molecule has 102 valence electrons. The molecule has 1 nitrogen and oxygen atoms in total. The van der Waals surface area contributed by atoms with E-state index in [1.165, 1.54) is 27.5 Å². The van der Waals surface area contributed by atoms with E-state index < -0.39 is 11.6 Å². The summed E-state index contributed by atoms with van der Waals surface area (Å²) >= 11 is 1.76. The van der Waals surface area contributed by atoms with Crippen LogP contribution in [0, 0.1) is 25.5 Å². The van der Waals surface area contributed by atoms with E-state index in [2.05, 4.69) is 32.2 Å². The van der Waals surface area contributed by atoms with Gasteiger partial charge in [0, 0.05) is 34.0 Å². The standard InChI is InChI=1S/C15H17F2NS/c1-9-6-14(11(3)19-9)10(2)18-8-12-4-5-13(16)7-15(12)17/h4-7,10,18H,8H2,1-3H3. The van der Waals surface area contributed by atoms with Gasteiger partial charge in [0.05, 0.1) is 0 Å². The summed E-state index contributed by atoms with van der Waals surface area (Å²) in [5.74, 6) is -1.04. The highest BCUT2D eigenvalue weighted by molar-refractivity contribution is 7.12. The van der Waals surface area contributed by atoms with Crippen molar-refractivity contribution in [2.45, 2.75) is 33.4 Å². The van der Waals surface area contributed by atoms with Crippen LogP contribution in [0.25, 0.3) is 0 Å². The molecule has 0 amide bonds. The molecule has 0 aliphatic rings. The molecular weight excluding hydrogens is 264 g/mol. The summed E-state index contributed by atoms with van der Waals surface area (Å²) in [5.41, 5.74) is 1.72. The number of thiophene rings is 1. The fourth-order valence-corrected chi connectivity index (χ4v) is 3.14. The first-order valence-electron chi connectivity index (χ1n) is 6.21. The molecule has 1 aromatic carbocycles. The fourth-order valence-electron chi connectivity index (χ4n) is 2.12. The Bertz CT molecular complexity index is 578. The van der Waals surface area contributed by atoms with Crippen LogP contribution in [0.2, 0.25) is 0 Å². The van der Waals surface area contributed by atoms with Crippen LogP contribution in [-0.4, -0.2) is 0 Å². The minimum absolute atomic E-state index is 0.148. The molecule has 0 saturated carbocycles. The van der Waals surface area contributed by atoms with Crippen LogP contribution in [0.4, 0.5) is 8.78 Å². The number of hydrogen-bond acceptors (Lipinski definition) is 2. The number of rotatable bonds is 4. The first-order valence-corrected chi connectivity index (χ1v) is 7.03. The molecule has 1 unspecified atom stereocenters. The molecule has 1 N–H and O–H groups in total. The predicted molar refractivity (Wildman–Crippen MR) is 75.4 cm³/mol. The van der Waals surface area contributed by atoms with Gasteiger partial charge in [-0.2, -0.15) is 0 Å². The highest BCUT2D eigenvalue weighted by Crippen LogP contribution is 2.26. The van der Waals surface area contributed by atoms with Crippen molar-refractivity contribution in [3.8, 4) is 0 Å². The molecule has 4 heteroatoms. The predicted octanol–water partition coefficient (Wildman–Crippen LogP) is 4.49. The molecule has 0 saturated heterocycles. The minimum Gasteiger partial charge on any atom is -0.306 e. The lowest BCUT2D eigenvalue weighted by Crippen LogP contribution is -2.19. The second kappa shape index (κ2) is 5.80. The van der Waals surface area contributed by atoms with Crippen molar-refractivity contribution in [1.29, 1.82) is 0 Å². The smallest absolute Gasteiger partial charge is 0.130 e. The Hall–Kier alpha value is -1.26. The fraction of sp³-hybridized carbons (Fsp3) is 0.333. The van der Waals surface area contributed by atoms with Gasteiger partial charge >= 0.3 is 0 Å². The molecule has 1 aromatic heterocycles. The Morgan fingerprint density at radius 2 is 1.95 bits per heavy atom. The monoisotopic (exact) mass is 281 g/mol. The average molecular weight is 281 g/mol. The third kappa shape index (κ3) is 3.39. The van der Waals surface area contributed by atoms with E-state index in [-0.39, 0.29) is 6.04 Å². The highest BCUT2D eigenvalue weighted by atomic mass is 32.1. The zero-order valence-corrected chi connectivity index (χ0v) is 12.1. The lowest BCUT2D eigenvalue weighted by molar-refractivity contribution is 0.533. The van der Waals surface area contributed by atoms with Gasteiger partial charge in [0.25, 0.3) is 0 Å². The topological polar surface area (TPSA) is 12.0 Å². The first-order chi connectivity index (χ1) is 8.97. The van der Waals surface area contributed by atoms with Gasteiger partial charge in [-0.25, -0.2) is 8.78 Å². The number of halogens is 2. The summed E-state index contributed by atoms with van der Waals surface area (Å²) in [4.78, 5) is 2.55. The Balaban J connectivity index is 2.04. The van der Waals surface area contributed by atoms with E-state index in [0.29, 0.717) is 12.1 Å². The number of nitrogens with one attached hydrogen (secondary N) is 1. The maximum Gasteiger partial charge on any atom is 0.130 e. The quantitative estimate of drug-likeness (QED) is 0.870. The van der Waals surface area contributed by atoms with Crippen molar-refractivity contribution in [1.82, 2.24) is 5.32 Å². The second-order valence-corrected chi connectivity index (χ2v) is 6.17. The van der Waals surface area contributed by atoms with Crippen molar-refractivity contribution < 1.29 is 8.78 Å². The summed E-state index contributed by atoms with van der Waals surface area (Å²) in [7, 11) is 0. The summed E-state index contributed by atoms with van der Waals surface area (Å²) in [5, 5.41) is 3.27. The van der Waals surface area contributed by atoms with E-state index in [9.17, 15) is 8.78 Å². The minimum atomic E-state index is -0.543. The molecule has 19 heavy (non-hydrogen) atoms. The molecule has 0 aliphatic heterocycles. The Labute approximate surface area is 116 Å². The van der Waals surface area contributed by atoms with Gasteiger partial charge in [0.15, 0.2) is 0 Å². The van der Waals surface area contributed by atoms with Crippen LogP contribution < -0.4 is 5.32 Å². The number of benzene rings is 1. The van der Waals surface area contributed by atoms with Crippen LogP contribution >= 0.6 is 11.3 Å². The van der Waals surface area contributed by atoms with Gasteiger partial charge in [0.1, 0.15) is 11.6 Å². The van der Waals surface area contributed by atoms with Crippen LogP contribution in [0.3, 0.4) is 0 Å². The van der Waals surface area contributed by atoms with Gasteiger partial charge in [-0.15, -0.1) is 11.3 Å². The summed E-state index contributed by atoms with van der Waals surface area (Å²) in [6.07, 6.45) is 0. The third-order valence-corrected chi connectivity index (χ3v) is 4.14. The van der Waals surface area contributed by atoms with Crippen molar-refractivity contribution in [2.75, 3.05) is 0 Å². The van der Waals surface area contributed by atoms with Gasteiger partial charge < -0.3 is 5.32 Å². The molecule has 1 atom stereocenters. The van der Waals surface area contributed by atoms with Crippen LogP contribution in [0.5, 0.6) is 0 Å². The maximum atomic E-state index is 13.5. The Morgan fingerprint density at radius 1 is 1.21 bits per heavy atom. The van der Waals surface area contributed by atoms with Crippen LogP contribution in [0.1, 0.15) is 33.8 Å². The molecule has 0 aliphatic carbocycles. The van der Waals surface area contributed by atoms with Crippen molar-refractivity contribution in [3.63, 3.8) is 0 Å². The van der Waals surface area contributed by atoms with E-state index in [4.69, 9.17) is 0 Å². The molecule has 2 aromatic rings. The van der Waals surface area contributed by atoms with Crippen molar-refractivity contribution in [2.24, 2.45) is 0 Å². The van der Waals surface area contributed by atoms with Crippen molar-refractivity contribution >= 4 is 11.3 Å². The normalized spacial score (nSPS) is 12.7. The van der Waals surface area contributed by atoms with Gasteiger partial charge in [-0.1, -0.05) is 6.07 Å². The lowest BCUT2D eigenvalue weighted by atomic mass is 10.1. The summed E-state index contributed by atoms with van der Waals surface area (Å²) < 4.78 is 26.3. The third-order valence-electron chi connectivity index (χ3n) is 3.16. The van der Waals surface area contributed by atoms with Crippen LogP contribution in [-0.2, 0) is 6.54 Å². The molecule has 0 radical (unpaired) electrons. The Morgan fingerprint density at radius 3 is 2.53 bits per heavy atom. The van der Waals surface area contributed by atoms with Gasteiger partial charge in [-0.05, 0) is 38.5 Å². The molecular formula is C15H17F2NS.